The number of furan rings is 1. The van der Waals surface area contributed by atoms with Gasteiger partial charge in [-0.15, -0.1) is 11.3 Å². The van der Waals surface area contributed by atoms with E-state index in [-0.39, 0.29) is 5.76 Å². The van der Waals surface area contributed by atoms with Gasteiger partial charge in [0.25, 0.3) is 5.91 Å². The second-order valence-electron chi connectivity index (χ2n) is 5.81. The number of carbonyl (C=O) groups excluding carboxylic acids is 1. The molecule has 0 radical (unpaired) electrons. The summed E-state index contributed by atoms with van der Waals surface area (Å²) < 4.78 is 6.46. The molecule has 0 atom stereocenters. The van der Waals surface area contributed by atoms with Crippen LogP contribution in [0.3, 0.4) is 0 Å². The van der Waals surface area contributed by atoms with E-state index in [1.807, 2.05) is 35.7 Å². The molecule has 0 saturated carbocycles. The molecule has 28 heavy (non-hydrogen) atoms. The SMILES string of the molecule is Cc1cc(NC(=O)c2ccc([N+](=O)[O-])o2)n(-c2nc(-c3ccccc3)cs2)n1. The second-order valence-corrected chi connectivity index (χ2v) is 6.65. The summed E-state index contributed by atoms with van der Waals surface area (Å²) in [6.45, 7) is 1.79. The second kappa shape index (κ2) is 7.08. The molecule has 4 rings (SSSR count). The molecule has 3 heterocycles. The first-order valence-electron chi connectivity index (χ1n) is 8.15. The summed E-state index contributed by atoms with van der Waals surface area (Å²) in [7, 11) is 0. The lowest BCUT2D eigenvalue weighted by Crippen LogP contribution is -2.14. The normalized spacial score (nSPS) is 10.8. The lowest BCUT2D eigenvalue weighted by molar-refractivity contribution is -0.402. The molecule has 140 valence electrons. The van der Waals surface area contributed by atoms with Gasteiger partial charge in [0, 0.05) is 17.0 Å². The molecule has 0 aliphatic heterocycles. The van der Waals surface area contributed by atoms with Gasteiger partial charge in [-0.05, 0) is 13.0 Å². The molecule has 1 N–H and O–H groups in total. The highest BCUT2D eigenvalue weighted by atomic mass is 32.1. The third-order valence-corrected chi connectivity index (χ3v) is 4.63. The predicted molar refractivity (Wildman–Crippen MR) is 103 cm³/mol. The number of nitro groups is 1. The number of hydrogen-bond acceptors (Lipinski definition) is 7. The largest absolute Gasteiger partial charge is 0.433 e. The summed E-state index contributed by atoms with van der Waals surface area (Å²) in [4.78, 5) is 27.0. The minimum absolute atomic E-state index is 0.166. The van der Waals surface area contributed by atoms with Gasteiger partial charge in [0.2, 0.25) is 5.13 Å². The van der Waals surface area contributed by atoms with Crippen LogP contribution in [0.25, 0.3) is 16.4 Å². The van der Waals surface area contributed by atoms with Crippen LogP contribution in [0, 0.1) is 17.0 Å². The van der Waals surface area contributed by atoms with Crippen molar-refractivity contribution in [1.82, 2.24) is 14.8 Å². The van der Waals surface area contributed by atoms with E-state index in [4.69, 9.17) is 4.42 Å². The van der Waals surface area contributed by atoms with Gasteiger partial charge in [-0.1, -0.05) is 30.3 Å². The maximum Gasteiger partial charge on any atom is 0.433 e. The van der Waals surface area contributed by atoms with Crippen LogP contribution in [-0.4, -0.2) is 25.6 Å². The van der Waals surface area contributed by atoms with E-state index < -0.39 is 16.7 Å². The van der Waals surface area contributed by atoms with Crippen molar-refractivity contribution in [3.8, 4) is 16.4 Å². The van der Waals surface area contributed by atoms with E-state index >= 15 is 0 Å². The summed E-state index contributed by atoms with van der Waals surface area (Å²) in [5, 5.41) is 20.2. The van der Waals surface area contributed by atoms with Crippen molar-refractivity contribution in [1.29, 1.82) is 0 Å². The van der Waals surface area contributed by atoms with Gasteiger partial charge in [0.1, 0.15) is 10.7 Å². The minimum atomic E-state index is -0.703. The number of aromatic nitrogens is 3. The molecule has 1 amide bonds. The summed E-state index contributed by atoms with van der Waals surface area (Å²) in [5.74, 6) is -0.895. The van der Waals surface area contributed by atoms with Crippen molar-refractivity contribution in [2.45, 2.75) is 6.92 Å². The predicted octanol–water partition coefficient (Wildman–Crippen LogP) is 4.06. The molecule has 0 fully saturated rings. The lowest BCUT2D eigenvalue weighted by atomic mass is 10.2. The average molecular weight is 395 g/mol. The fraction of sp³-hybridized carbons (Fsp3) is 0.0556. The third-order valence-electron chi connectivity index (χ3n) is 3.81. The first kappa shape index (κ1) is 17.6. The number of thiazole rings is 1. The molecule has 1 aromatic carbocycles. The number of rotatable bonds is 5. The van der Waals surface area contributed by atoms with Gasteiger partial charge < -0.3 is 9.73 Å². The topological polar surface area (TPSA) is 116 Å². The Morgan fingerprint density at radius 3 is 2.75 bits per heavy atom. The van der Waals surface area contributed by atoms with Crippen LogP contribution in [0.5, 0.6) is 0 Å². The van der Waals surface area contributed by atoms with Crippen LogP contribution in [-0.2, 0) is 0 Å². The fourth-order valence-electron chi connectivity index (χ4n) is 2.56. The van der Waals surface area contributed by atoms with E-state index in [2.05, 4.69) is 15.4 Å². The zero-order valence-electron chi connectivity index (χ0n) is 14.5. The maximum absolute atomic E-state index is 12.4. The number of nitrogens with one attached hydrogen (secondary N) is 1. The number of aryl methyl sites for hydroxylation is 1. The van der Waals surface area contributed by atoms with Gasteiger partial charge >= 0.3 is 5.88 Å². The average Bonchev–Trinajstić information content (AvgIpc) is 3.42. The highest BCUT2D eigenvalue weighted by Crippen LogP contribution is 2.26. The molecule has 0 unspecified atom stereocenters. The molecular weight excluding hydrogens is 382 g/mol. The summed E-state index contributed by atoms with van der Waals surface area (Å²) in [6.07, 6.45) is 0. The minimum Gasteiger partial charge on any atom is -0.395 e. The summed E-state index contributed by atoms with van der Waals surface area (Å²) >= 11 is 1.38. The van der Waals surface area contributed by atoms with E-state index in [0.717, 1.165) is 17.3 Å². The molecule has 10 heteroatoms. The molecule has 0 aliphatic carbocycles. The molecule has 0 bridgehead atoms. The molecule has 9 nitrogen and oxygen atoms in total. The monoisotopic (exact) mass is 395 g/mol. The quantitative estimate of drug-likeness (QED) is 0.402. The van der Waals surface area contributed by atoms with E-state index in [1.54, 1.807) is 13.0 Å². The van der Waals surface area contributed by atoms with Crippen molar-refractivity contribution >= 4 is 28.9 Å². The van der Waals surface area contributed by atoms with Gasteiger partial charge in [0.05, 0.1) is 17.5 Å². The maximum atomic E-state index is 12.4. The van der Waals surface area contributed by atoms with E-state index in [1.165, 1.54) is 22.1 Å². The molecule has 3 aromatic heterocycles. The van der Waals surface area contributed by atoms with Gasteiger partial charge in [-0.2, -0.15) is 9.78 Å². The van der Waals surface area contributed by atoms with E-state index in [9.17, 15) is 14.9 Å². The van der Waals surface area contributed by atoms with Crippen LogP contribution in [0.2, 0.25) is 0 Å². The molecule has 0 spiro atoms. The first-order chi connectivity index (χ1) is 13.5. The summed E-state index contributed by atoms with van der Waals surface area (Å²) in [5.41, 5.74) is 2.45. The van der Waals surface area contributed by atoms with Gasteiger partial charge in [-0.25, -0.2) is 4.98 Å². The standard InChI is InChI=1S/C18H13N5O4S/c1-11-9-15(20-17(24)14-7-8-16(27-14)23(25)26)22(21-11)18-19-13(10-28-18)12-5-3-2-4-6-12/h2-10H,1H3,(H,20,24). The Labute approximate surface area is 162 Å². The van der Waals surface area contributed by atoms with Crippen LogP contribution in [0.15, 0.2) is 58.3 Å². The van der Waals surface area contributed by atoms with Crippen molar-refractivity contribution in [2.24, 2.45) is 0 Å². The van der Waals surface area contributed by atoms with E-state index in [0.29, 0.717) is 16.6 Å². The zero-order valence-corrected chi connectivity index (χ0v) is 15.3. The van der Waals surface area contributed by atoms with Gasteiger partial charge in [0.15, 0.2) is 5.76 Å². The first-order valence-corrected chi connectivity index (χ1v) is 9.03. The molecule has 0 saturated heterocycles. The fourth-order valence-corrected chi connectivity index (χ4v) is 3.36. The number of amides is 1. The highest BCUT2D eigenvalue weighted by Gasteiger charge is 2.20. The molecular formula is C18H13N5O4S. The third kappa shape index (κ3) is 3.40. The Balaban J connectivity index is 1.61. The summed E-state index contributed by atoms with van der Waals surface area (Å²) in [6, 6.07) is 13.8. The zero-order chi connectivity index (χ0) is 19.7. The highest BCUT2D eigenvalue weighted by molar-refractivity contribution is 7.12. The van der Waals surface area contributed by atoms with Gasteiger partial charge in [-0.3, -0.25) is 14.9 Å². The Bertz CT molecular complexity index is 1160. The van der Waals surface area contributed by atoms with Crippen molar-refractivity contribution in [3.63, 3.8) is 0 Å². The number of carbonyl (C=O) groups is 1. The number of nitrogens with zero attached hydrogens (tertiary/aromatic N) is 4. The lowest BCUT2D eigenvalue weighted by Gasteiger charge is -2.04. The van der Waals surface area contributed by atoms with Crippen molar-refractivity contribution < 1.29 is 14.1 Å². The Hall–Kier alpha value is -3.79. The Morgan fingerprint density at radius 2 is 2.04 bits per heavy atom. The number of hydrogen-bond donors (Lipinski definition) is 1. The Kier molecular flexibility index (Phi) is 4.45. The van der Waals surface area contributed by atoms with Crippen LogP contribution < -0.4 is 5.32 Å². The Morgan fingerprint density at radius 1 is 1.25 bits per heavy atom. The van der Waals surface area contributed by atoms with Crippen LogP contribution in [0.1, 0.15) is 16.2 Å². The number of anilines is 1. The van der Waals surface area contributed by atoms with Crippen LogP contribution in [0.4, 0.5) is 11.7 Å². The smallest absolute Gasteiger partial charge is 0.395 e. The van der Waals surface area contributed by atoms with Crippen LogP contribution >= 0.6 is 11.3 Å². The molecule has 0 aliphatic rings. The number of benzene rings is 1. The van der Waals surface area contributed by atoms with Crippen molar-refractivity contribution in [2.75, 3.05) is 5.32 Å². The van der Waals surface area contributed by atoms with Crippen molar-refractivity contribution in [3.05, 3.63) is 75.5 Å². The molecule has 4 aromatic rings.